The van der Waals surface area contributed by atoms with Crippen molar-refractivity contribution in [2.45, 2.75) is 25.2 Å². The van der Waals surface area contributed by atoms with Crippen LogP contribution in [0, 0.1) is 0 Å². The molecule has 1 N–H and O–H groups in total. The van der Waals surface area contributed by atoms with E-state index < -0.39 is 10.0 Å². The highest BCUT2D eigenvalue weighted by Crippen LogP contribution is 2.20. The number of sulfonamides is 1. The van der Waals surface area contributed by atoms with E-state index in [1.54, 1.807) is 39.2 Å². The second kappa shape index (κ2) is 8.82. The molecular weight excluding hydrogens is 352 g/mol. The Morgan fingerprint density at radius 1 is 1.04 bits per heavy atom. The van der Waals surface area contributed by atoms with Gasteiger partial charge in [-0.1, -0.05) is 32.0 Å². The van der Waals surface area contributed by atoms with Crippen LogP contribution in [0.5, 0.6) is 5.75 Å². The fraction of sp³-hybridized carbons (Fsp3) is 0.316. The third-order valence-electron chi connectivity index (χ3n) is 4.02. The van der Waals surface area contributed by atoms with E-state index in [1.807, 2.05) is 18.2 Å². The third-order valence-corrected chi connectivity index (χ3v) is 6.09. The summed E-state index contributed by atoms with van der Waals surface area (Å²) in [5.41, 5.74) is 1.33. The first-order valence-electron chi connectivity index (χ1n) is 8.44. The van der Waals surface area contributed by atoms with Crippen LogP contribution in [-0.4, -0.2) is 38.8 Å². The number of ether oxygens (including phenoxy) is 1. The number of nitrogens with zero attached hydrogens (tertiary/aromatic N) is 1. The number of methoxy groups -OCH3 is 1. The van der Waals surface area contributed by atoms with Crippen molar-refractivity contribution in [2.75, 3.05) is 25.5 Å². The molecule has 2 aromatic carbocycles. The third kappa shape index (κ3) is 4.62. The van der Waals surface area contributed by atoms with Crippen LogP contribution in [0.25, 0.3) is 0 Å². The van der Waals surface area contributed by atoms with E-state index in [-0.39, 0.29) is 17.2 Å². The topological polar surface area (TPSA) is 75.7 Å². The van der Waals surface area contributed by atoms with Crippen LogP contribution in [0.4, 0.5) is 5.69 Å². The molecule has 0 saturated heterocycles. The number of amides is 1. The minimum atomic E-state index is -3.50. The molecule has 1 amide bonds. The monoisotopic (exact) mass is 376 g/mol. The molecule has 0 aromatic heterocycles. The smallest absolute Gasteiger partial charge is 0.243 e. The van der Waals surface area contributed by atoms with Crippen molar-refractivity contribution in [3.05, 3.63) is 54.1 Å². The van der Waals surface area contributed by atoms with E-state index in [0.717, 1.165) is 5.56 Å². The number of rotatable bonds is 8. The molecule has 0 spiro atoms. The standard InChI is InChI=1S/C19H24N2O4S/c1-4-21(5-2)26(23,24)17-12-10-16(11-13-17)20-19(22)14-15-8-6-7-9-18(15)25-3/h6-13H,4-5,14H2,1-3H3,(H,20,22). The lowest BCUT2D eigenvalue weighted by Crippen LogP contribution is -2.30. The average molecular weight is 376 g/mol. The van der Waals surface area contributed by atoms with Crippen LogP contribution < -0.4 is 10.1 Å². The number of hydrogen-bond acceptors (Lipinski definition) is 4. The quantitative estimate of drug-likeness (QED) is 0.769. The van der Waals surface area contributed by atoms with E-state index >= 15 is 0 Å². The minimum absolute atomic E-state index is 0.170. The molecule has 0 bridgehead atoms. The number of hydrogen-bond donors (Lipinski definition) is 1. The van der Waals surface area contributed by atoms with Gasteiger partial charge >= 0.3 is 0 Å². The first kappa shape index (κ1) is 19.9. The number of para-hydroxylation sites is 1. The van der Waals surface area contributed by atoms with E-state index in [4.69, 9.17) is 4.74 Å². The zero-order chi connectivity index (χ0) is 19.2. The summed E-state index contributed by atoms with van der Waals surface area (Å²) in [4.78, 5) is 12.5. The average Bonchev–Trinajstić information content (AvgIpc) is 2.63. The summed E-state index contributed by atoms with van der Waals surface area (Å²) >= 11 is 0. The van der Waals surface area contributed by atoms with Crippen molar-refractivity contribution in [1.29, 1.82) is 0 Å². The molecule has 2 aromatic rings. The summed E-state index contributed by atoms with van der Waals surface area (Å²) in [7, 11) is -1.94. The zero-order valence-electron chi connectivity index (χ0n) is 15.2. The molecule has 0 atom stereocenters. The maximum Gasteiger partial charge on any atom is 0.243 e. The van der Waals surface area contributed by atoms with Gasteiger partial charge in [0.15, 0.2) is 0 Å². The first-order chi connectivity index (χ1) is 12.4. The molecule has 2 rings (SSSR count). The van der Waals surface area contributed by atoms with Gasteiger partial charge in [0, 0.05) is 24.3 Å². The van der Waals surface area contributed by atoms with Gasteiger partial charge in [-0.25, -0.2) is 8.42 Å². The fourth-order valence-electron chi connectivity index (χ4n) is 2.65. The number of carbonyl (C=O) groups excluding carboxylic acids is 1. The van der Waals surface area contributed by atoms with Crippen molar-refractivity contribution < 1.29 is 17.9 Å². The Bertz CT molecular complexity index is 844. The van der Waals surface area contributed by atoms with Crippen LogP contribution in [-0.2, 0) is 21.2 Å². The Balaban J connectivity index is 2.08. The first-order valence-corrected chi connectivity index (χ1v) is 9.88. The maximum atomic E-state index is 12.5. The van der Waals surface area contributed by atoms with Gasteiger partial charge in [-0.2, -0.15) is 4.31 Å². The van der Waals surface area contributed by atoms with E-state index in [1.165, 1.54) is 16.4 Å². The Labute approximate surface area is 154 Å². The van der Waals surface area contributed by atoms with Crippen molar-refractivity contribution in [3.8, 4) is 5.75 Å². The molecule has 0 unspecified atom stereocenters. The van der Waals surface area contributed by atoms with Crippen LogP contribution in [0.1, 0.15) is 19.4 Å². The van der Waals surface area contributed by atoms with Gasteiger partial charge in [0.05, 0.1) is 18.4 Å². The number of benzene rings is 2. The molecule has 26 heavy (non-hydrogen) atoms. The van der Waals surface area contributed by atoms with Crippen molar-refractivity contribution in [3.63, 3.8) is 0 Å². The molecule has 0 aliphatic rings. The van der Waals surface area contributed by atoms with Gasteiger partial charge < -0.3 is 10.1 Å². The highest BCUT2D eigenvalue weighted by molar-refractivity contribution is 7.89. The Hall–Kier alpha value is -2.38. The lowest BCUT2D eigenvalue weighted by molar-refractivity contribution is -0.115. The summed E-state index contributed by atoms with van der Waals surface area (Å²) in [5, 5.41) is 2.77. The summed E-state index contributed by atoms with van der Waals surface area (Å²) in [6.07, 6.45) is 0.170. The molecule has 140 valence electrons. The second-order valence-electron chi connectivity index (χ2n) is 5.65. The summed E-state index contributed by atoms with van der Waals surface area (Å²) < 4.78 is 31.6. The minimum Gasteiger partial charge on any atom is -0.496 e. The molecule has 0 aliphatic heterocycles. The van der Waals surface area contributed by atoms with Crippen LogP contribution >= 0.6 is 0 Å². The predicted octanol–water partition coefficient (Wildman–Crippen LogP) is 2.91. The number of anilines is 1. The zero-order valence-corrected chi connectivity index (χ0v) is 16.0. The molecule has 0 fully saturated rings. The van der Waals surface area contributed by atoms with Gasteiger partial charge in [-0.15, -0.1) is 0 Å². The largest absolute Gasteiger partial charge is 0.496 e. The van der Waals surface area contributed by atoms with E-state index in [0.29, 0.717) is 24.5 Å². The molecule has 0 aliphatic carbocycles. The van der Waals surface area contributed by atoms with E-state index in [2.05, 4.69) is 5.32 Å². The Morgan fingerprint density at radius 2 is 1.65 bits per heavy atom. The lowest BCUT2D eigenvalue weighted by Gasteiger charge is -2.18. The van der Waals surface area contributed by atoms with Crippen LogP contribution in [0.3, 0.4) is 0 Å². The fourth-order valence-corrected chi connectivity index (χ4v) is 4.11. The molecule has 0 heterocycles. The van der Waals surface area contributed by atoms with Crippen molar-refractivity contribution >= 4 is 21.6 Å². The Morgan fingerprint density at radius 3 is 2.23 bits per heavy atom. The highest BCUT2D eigenvalue weighted by atomic mass is 32.2. The SMILES string of the molecule is CCN(CC)S(=O)(=O)c1ccc(NC(=O)Cc2ccccc2OC)cc1. The van der Waals surface area contributed by atoms with Gasteiger partial charge in [-0.3, -0.25) is 4.79 Å². The number of carbonyl (C=O) groups is 1. The van der Waals surface area contributed by atoms with Gasteiger partial charge in [-0.05, 0) is 30.3 Å². The normalized spacial score (nSPS) is 11.4. The predicted molar refractivity (Wildman–Crippen MR) is 102 cm³/mol. The van der Waals surface area contributed by atoms with Gasteiger partial charge in [0.2, 0.25) is 15.9 Å². The number of nitrogens with one attached hydrogen (secondary N) is 1. The molecule has 0 radical (unpaired) electrons. The van der Waals surface area contributed by atoms with E-state index in [9.17, 15) is 13.2 Å². The molecular formula is C19H24N2O4S. The van der Waals surface area contributed by atoms with Crippen molar-refractivity contribution in [1.82, 2.24) is 4.31 Å². The van der Waals surface area contributed by atoms with Gasteiger partial charge in [0.25, 0.3) is 0 Å². The summed E-state index contributed by atoms with van der Waals surface area (Å²) in [5.74, 6) is 0.456. The Kier molecular flexibility index (Phi) is 6.76. The van der Waals surface area contributed by atoms with Crippen LogP contribution in [0.2, 0.25) is 0 Å². The summed E-state index contributed by atoms with van der Waals surface area (Å²) in [6, 6.07) is 13.5. The van der Waals surface area contributed by atoms with Crippen molar-refractivity contribution in [2.24, 2.45) is 0 Å². The van der Waals surface area contributed by atoms with Gasteiger partial charge in [0.1, 0.15) is 5.75 Å². The second-order valence-corrected chi connectivity index (χ2v) is 7.59. The lowest BCUT2D eigenvalue weighted by atomic mass is 10.1. The molecule has 0 saturated carbocycles. The summed E-state index contributed by atoms with van der Waals surface area (Å²) in [6.45, 7) is 4.42. The molecule has 6 nitrogen and oxygen atoms in total. The highest BCUT2D eigenvalue weighted by Gasteiger charge is 2.21. The maximum absolute atomic E-state index is 12.5. The van der Waals surface area contributed by atoms with Crippen LogP contribution in [0.15, 0.2) is 53.4 Å². The molecule has 7 heteroatoms.